The third-order valence-corrected chi connectivity index (χ3v) is 5.08. The summed E-state index contributed by atoms with van der Waals surface area (Å²) in [4.78, 5) is 10.4. The highest BCUT2D eigenvalue weighted by Crippen LogP contribution is 2.29. The molecule has 0 saturated carbocycles. The molecule has 12 heteroatoms. The molecule has 8 nitrogen and oxygen atoms in total. The number of halogens is 3. The number of fused-ring (bicyclic) bond motifs is 1. The van der Waals surface area contributed by atoms with Crippen LogP contribution in [0.3, 0.4) is 0 Å². The number of methoxy groups -OCH3 is 2. The number of pyridine rings is 1. The number of sulfone groups is 1. The Morgan fingerprint density at radius 1 is 1.11 bits per heavy atom. The number of nitrogens with zero attached hydrogens (tertiary/aromatic N) is 2. The Balaban J connectivity index is 1.90. The summed E-state index contributed by atoms with van der Waals surface area (Å²) in [5, 5.41) is -0.400. The third-order valence-electron chi connectivity index (χ3n) is 3.63. The summed E-state index contributed by atoms with van der Waals surface area (Å²) >= 11 is 0. The Bertz CT molecular complexity index is 1110. The molecule has 0 spiro atoms. The van der Waals surface area contributed by atoms with Gasteiger partial charge in [-0.1, -0.05) is 0 Å². The van der Waals surface area contributed by atoms with Gasteiger partial charge in [0.1, 0.15) is 11.5 Å². The zero-order valence-electron chi connectivity index (χ0n) is 14.6. The zero-order valence-corrected chi connectivity index (χ0v) is 15.4. The number of H-pyrrole nitrogens is 1. The van der Waals surface area contributed by atoms with E-state index in [9.17, 15) is 21.6 Å². The maximum absolute atomic E-state index is 12.6. The Labute approximate surface area is 157 Å². The number of rotatable bonds is 6. The molecule has 1 N–H and O–H groups in total. The molecule has 0 saturated heterocycles. The van der Waals surface area contributed by atoms with E-state index in [1.165, 1.54) is 32.5 Å². The van der Waals surface area contributed by atoms with Crippen LogP contribution in [0.25, 0.3) is 11.0 Å². The van der Waals surface area contributed by atoms with Crippen LogP contribution in [0, 0.1) is 0 Å². The van der Waals surface area contributed by atoms with Gasteiger partial charge in [0.25, 0.3) is 0 Å². The second-order valence-corrected chi connectivity index (χ2v) is 7.46. The Morgan fingerprint density at radius 2 is 1.82 bits per heavy atom. The molecule has 0 aliphatic heterocycles. The van der Waals surface area contributed by atoms with Crippen LogP contribution >= 0.6 is 0 Å². The number of aromatic nitrogens is 3. The normalized spacial score (nSPS) is 12.2. The smallest absolute Gasteiger partial charge is 0.493 e. The van der Waals surface area contributed by atoms with Gasteiger partial charge in [0.15, 0.2) is 11.5 Å². The van der Waals surface area contributed by atoms with Gasteiger partial charge in [-0.3, -0.25) is 4.98 Å². The molecule has 0 aliphatic rings. The predicted molar refractivity (Wildman–Crippen MR) is 91.0 cm³/mol. The summed E-state index contributed by atoms with van der Waals surface area (Å²) in [5.74, 6) is -0.348. The second kappa shape index (κ2) is 7.19. The Hall–Kier alpha value is -3.02. The first-order valence-electron chi connectivity index (χ1n) is 7.66. The van der Waals surface area contributed by atoms with Gasteiger partial charge in [0, 0.05) is 12.1 Å². The van der Waals surface area contributed by atoms with Gasteiger partial charge in [0.2, 0.25) is 15.0 Å². The second-order valence-electron chi connectivity index (χ2n) is 5.56. The first-order chi connectivity index (χ1) is 13.1. The lowest BCUT2D eigenvalue weighted by Gasteiger charge is -2.08. The average Bonchev–Trinajstić information content (AvgIpc) is 3.04. The van der Waals surface area contributed by atoms with Crippen molar-refractivity contribution in [2.24, 2.45) is 0 Å². The SMILES string of the molecule is COc1cnc(CS(=O)(=O)c2nc3ccc(OC(F)(F)F)cc3[nH]2)cc1OC. The van der Waals surface area contributed by atoms with Crippen molar-refractivity contribution in [3.8, 4) is 17.2 Å². The number of ether oxygens (including phenoxy) is 3. The van der Waals surface area contributed by atoms with Crippen LogP contribution in [0.2, 0.25) is 0 Å². The summed E-state index contributed by atoms with van der Waals surface area (Å²) < 4.78 is 76.2. The number of benzene rings is 1. The van der Waals surface area contributed by atoms with Crippen LogP contribution in [0.4, 0.5) is 13.2 Å². The van der Waals surface area contributed by atoms with E-state index in [1.54, 1.807) is 0 Å². The van der Waals surface area contributed by atoms with Crippen molar-refractivity contribution in [2.75, 3.05) is 14.2 Å². The molecule has 0 unspecified atom stereocenters. The average molecular weight is 417 g/mol. The largest absolute Gasteiger partial charge is 0.573 e. The molecule has 3 aromatic rings. The van der Waals surface area contributed by atoms with Crippen molar-refractivity contribution in [3.05, 3.63) is 36.2 Å². The van der Waals surface area contributed by atoms with Crippen LogP contribution in [-0.4, -0.2) is 44.0 Å². The molecule has 0 amide bonds. The van der Waals surface area contributed by atoms with E-state index in [-0.39, 0.29) is 16.7 Å². The first-order valence-corrected chi connectivity index (χ1v) is 9.31. The molecule has 0 atom stereocenters. The minimum Gasteiger partial charge on any atom is -0.493 e. The standard InChI is InChI=1S/C16H14F3N3O5S/c1-25-13-5-9(20-7-14(13)26-2)8-28(23,24)15-21-11-4-3-10(6-12(11)22-15)27-16(17,18)19/h3-7H,8H2,1-2H3,(H,21,22). The van der Waals surface area contributed by atoms with Gasteiger partial charge < -0.3 is 19.2 Å². The van der Waals surface area contributed by atoms with Crippen LogP contribution < -0.4 is 14.2 Å². The molecule has 0 aliphatic carbocycles. The van der Waals surface area contributed by atoms with E-state index in [4.69, 9.17) is 9.47 Å². The maximum Gasteiger partial charge on any atom is 0.573 e. The molecule has 150 valence electrons. The molecule has 0 bridgehead atoms. The van der Waals surface area contributed by atoms with Crippen molar-refractivity contribution in [1.29, 1.82) is 0 Å². The number of hydrogen-bond donors (Lipinski definition) is 1. The first kappa shape index (κ1) is 19.7. The van der Waals surface area contributed by atoms with Gasteiger partial charge in [-0.05, 0) is 12.1 Å². The van der Waals surface area contributed by atoms with Crippen molar-refractivity contribution >= 4 is 20.9 Å². The number of imidazole rings is 1. The molecule has 1 aromatic carbocycles. The molecular formula is C16H14F3N3O5S. The highest BCUT2D eigenvalue weighted by molar-refractivity contribution is 7.90. The quantitative estimate of drug-likeness (QED) is 0.658. The molecule has 28 heavy (non-hydrogen) atoms. The fourth-order valence-electron chi connectivity index (χ4n) is 2.43. The Kier molecular flexibility index (Phi) is 5.06. The third kappa shape index (κ3) is 4.27. The molecule has 3 rings (SSSR count). The van der Waals surface area contributed by atoms with E-state index in [1.807, 2.05) is 0 Å². The maximum atomic E-state index is 12.6. The summed E-state index contributed by atoms with van der Waals surface area (Å²) in [6.07, 6.45) is -3.54. The van der Waals surface area contributed by atoms with Crippen LogP contribution in [0.15, 0.2) is 35.6 Å². The van der Waals surface area contributed by atoms with Gasteiger partial charge in [-0.25, -0.2) is 13.4 Å². The molecule has 2 aromatic heterocycles. The summed E-state index contributed by atoms with van der Waals surface area (Å²) in [7, 11) is -1.14. The minimum atomic E-state index is -4.86. The van der Waals surface area contributed by atoms with E-state index in [0.29, 0.717) is 11.5 Å². The number of aromatic amines is 1. The van der Waals surface area contributed by atoms with E-state index in [2.05, 4.69) is 19.7 Å². The van der Waals surface area contributed by atoms with Crippen molar-refractivity contribution in [1.82, 2.24) is 15.0 Å². The molecule has 2 heterocycles. The molecule has 0 radical (unpaired) electrons. The molecular weight excluding hydrogens is 403 g/mol. The van der Waals surface area contributed by atoms with Crippen molar-refractivity contribution < 1.29 is 35.8 Å². The van der Waals surface area contributed by atoms with Gasteiger partial charge in [-0.15, -0.1) is 13.2 Å². The van der Waals surface area contributed by atoms with Gasteiger partial charge >= 0.3 is 6.36 Å². The lowest BCUT2D eigenvalue weighted by molar-refractivity contribution is -0.274. The zero-order chi connectivity index (χ0) is 20.5. The van der Waals surface area contributed by atoms with Gasteiger partial charge in [-0.2, -0.15) is 0 Å². The number of hydrogen-bond acceptors (Lipinski definition) is 7. The topological polar surface area (TPSA) is 103 Å². The highest BCUT2D eigenvalue weighted by Gasteiger charge is 2.31. The summed E-state index contributed by atoms with van der Waals surface area (Å²) in [5.41, 5.74) is 0.438. The van der Waals surface area contributed by atoms with Gasteiger partial charge in [0.05, 0.1) is 37.1 Å². The summed E-state index contributed by atoms with van der Waals surface area (Å²) in [6, 6.07) is 4.70. The van der Waals surface area contributed by atoms with E-state index >= 15 is 0 Å². The van der Waals surface area contributed by atoms with Crippen LogP contribution in [-0.2, 0) is 15.6 Å². The number of nitrogens with one attached hydrogen (secondary N) is 1. The van der Waals surface area contributed by atoms with Crippen molar-refractivity contribution in [3.63, 3.8) is 0 Å². The van der Waals surface area contributed by atoms with E-state index in [0.717, 1.165) is 12.1 Å². The Morgan fingerprint density at radius 3 is 2.46 bits per heavy atom. The van der Waals surface area contributed by atoms with E-state index < -0.39 is 32.9 Å². The fourth-order valence-corrected chi connectivity index (χ4v) is 3.62. The predicted octanol–water partition coefficient (Wildman–Crippen LogP) is 2.85. The lowest BCUT2D eigenvalue weighted by Crippen LogP contribution is -2.16. The van der Waals surface area contributed by atoms with Crippen LogP contribution in [0.5, 0.6) is 17.2 Å². The number of alkyl halides is 3. The lowest BCUT2D eigenvalue weighted by atomic mass is 10.3. The molecule has 0 fully saturated rings. The monoisotopic (exact) mass is 417 g/mol. The van der Waals surface area contributed by atoms with Crippen molar-refractivity contribution in [2.45, 2.75) is 17.3 Å². The fraction of sp³-hybridized carbons (Fsp3) is 0.250. The summed E-state index contributed by atoms with van der Waals surface area (Å²) in [6.45, 7) is 0. The minimum absolute atomic E-state index is 0.0839. The van der Waals surface area contributed by atoms with Crippen LogP contribution in [0.1, 0.15) is 5.69 Å². The highest BCUT2D eigenvalue weighted by atomic mass is 32.2.